The van der Waals surface area contributed by atoms with Gasteiger partial charge in [0.1, 0.15) is 0 Å². The summed E-state index contributed by atoms with van der Waals surface area (Å²) in [5.74, 6) is 0. The summed E-state index contributed by atoms with van der Waals surface area (Å²) in [5.41, 5.74) is 3.02. The van der Waals surface area contributed by atoms with Crippen molar-refractivity contribution in [3.05, 3.63) is 24.0 Å². The van der Waals surface area contributed by atoms with Gasteiger partial charge >= 0.3 is 0 Å². The first-order chi connectivity index (χ1) is 8.58. The molecule has 1 saturated heterocycles. The third kappa shape index (κ3) is 4.27. The summed E-state index contributed by atoms with van der Waals surface area (Å²) in [6.07, 6.45) is 2.00. The van der Waals surface area contributed by atoms with Gasteiger partial charge in [0.2, 0.25) is 0 Å². The van der Waals surface area contributed by atoms with Gasteiger partial charge < -0.3 is 10.0 Å². The van der Waals surface area contributed by atoms with Crippen LogP contribution in [-0.2, 0) is 0 Å². The topological polar surface area (TPSA) is 39.1 Å². The van der Waals surface area contributed by atoms with Crippen LogP contribution < -0.4 is 0 Å². The summed E-state index contributed by atoms with van der Waals surface area (Å²) in [6.45, 7) is 15.0. The van der Waals surface area contributed by atoms with Crippen molar-refractivity contribution in [1.82, 2.24) is 9.80 Å². The van der Waals surface area contributed by atoms with E-state index in [1.165, 1.54) is 0 Å². The maximum absolute atomic E-state index is 8.91. The largest absolute Gasteiger partial charge is 0.395 e. The molecule has 0 atom stereocenters. The van der Waals surface area contributed by atoms with Gasteiger partial charge in [0.15, 0.2) is 0 Å². The molecular formula is C14H25N3O. The first-order valence-electron chi connectivity index (χ1n) is 6.54. The molecule has 1 N–H and O–H groups in total. The second-order valence-electron chi connectivity index (χ2n) is 4.63. The highest BCUT2D eigenvalue weighted by molar-refractivity contribution is 5.97. The number of hydrogen-bond donors (Lipinski definition) is 1. The Hall–Kier alpha value is -1.13. The van der Waals surface area contributed by atoms with E-state index in [1.807, 2.05) is 26.8 Å². The van der Waals surface area contributed by atoms with Crippen LogP contribution in [0.3, 0.4) is 0 Å². The number of aliphatic hydroxyl groups is 1. The fourth-order valence-corrected chi connectivity index (χ4v) is 2.01. The van der Waals surface area contributed by atoms with E-state index in [9.17, 15) is 0 Å². The zero-order valence-corrected chi connectivity index (χ0v) is 11.8. The Kier molecular flexibility index (Phi) is 6.09. The molecule has 1 aliphatic heterocycles. The lowest BCUT2D eigenvalue weighted by molar-refractivity contribution is 0.135. The van der Waals surface area contributed by atoms with Crippen LogP contribution in [0.25, 0.3) is 0 Å². The van der Waals surface area contributed by atoms with E-state index in [0.717, 1.165) is 49.8 Å². The molecule has 0 bridgehead atoms. The molecule has 18 heavy (non-hydrogen) atoms. The van der Waals surface area contributed by atoms with Crippen molar-refractivity contribution in [3.8, 4) is 0 Å². The van der Waals surface area contributed by atoms with Crippen LogP contribution in [0.15, 0.2) is 29.0 Å². The molecule has 1 aliphatic rings. The number of hydrogen-bond acceptors (Lipinski definition) is 4. The maximum Gasteiger partial charge on any atom is 0.0602 e. The first kappa shape index (κ1) is 14.9. The Bertz CT molecular complexity index is 339. The van der Waals surface area contributed by atoms with Crippen molar-refractivity contribution >= 4 is 5.71 Å². The minimum absolute atomic E-state index is 0.238. The number of nitrogens with zero attached hydrogens (tertiary/aromatic N) is 3. The maximum atomic E-state index is 8.91. The lowest BCUT2D eigenvalue weighted by Crippen LogP contribution is -2.47. The summed E-state index contributed by atoms with van der Waals surface area (Å²) in [6, 6.07) is 0. The molecule has 0 aromatic heterocycles. The van der Waals surface area contributed by atoms with Gasteiger partial charge in [-0.15, -0.1) is 0 Å². The second-order valence-corrected chi connectivity index (χ2v) is 4.63. The van der Waals surface area contributed by atoms with E-state index in [2.05, 4.69) is 21.4 Å². The third-order valence-corrected chi connectivity index (χ3v) is 3.35. The molecule has 0 aromatic rings. The SMILES string of the molecule is C=C(/C(C)=N\C(C)=C/C)N1CCN(CCO)CC1. The molecule has 0 amide bonds. The summed E-state index contributed by atoms with van der Waals surface area (Å²) < 4.78 is 0. The predicted octanol–water partition coefficient (Wildman–Crippen LogP) is 1.49. The summed E-state index contributed by atoms with van der Waals surface area (Å²) >= 11 is 0. The normalized spacial score (nSPS) is 19.2. The van der Waals surface area contributed by atoms with E-state index in [4.69, 9.17) is 5.11 Å². The Morgan fingerprint density at radius 1 is 1.28 bits per heavy atom. The van der Waals surface area contributed by atoms with Gasteiger partial charge in [-0.1, -0.05) is 12.7 Å². The van der Waals surface area contributed by atoms with E-state index in [-0.39, 0.29) is 6.61 Å². The van der Waals surface area contributed by atoms with Gasteiger partial charge in [-0.2, -0.15) is 0 Å². The van der Waals surface area contributed by atoms with E-state index in [1.54, 1.807) is 0 Å². The third-order valence-electron chi connectivity index (χ3n) is 3.35. The van der Waals surface area contributed by atoms with Crippen LogP contribution in [0.4, 0.5) is 0 Å². The molecule has 0 unspecified atom stereocenters. The molecule has 4 heteroatoms. The molecular weight excluding hydrogens is 226 g/mol. The molecule has 102 valence electrons. The van der Waals surface area contributed by atoms with Gasteiger partial charge in [0.05, 0.1) is 18.0 Å². The standard InChI is InChI=1S/C14H25N3O/c1-5-12(2)15-13(3)14(4)17-8-6-16(7-9-17)10-11-18/h5,18H,4,6-11H2,1-3H3/b12-5-,15-13-. The van der Waals surface area contributed by atoms with E-state index < -0.39 is 0 Å². The van der Waals surface area contributed by atoms with Gasteiger partial charge in [0, 0.05) is 38.4 Å². The van der Waals surface area contributed by atoms with Crippen molar-refractivity contribution in [2.24, 2.45) is 4.99 Å². The zero-order chi connectivity index (χ0) is 13.5. The average Bonchev–Trinajstić information content (AvgIpc) is 2.39. The van der Waals surface area contributed by atoms with Crippen LogP contribution in [0.5, 0.6) is 0 Å². The number of piperazine rings is 1. The highest BCUT2D eigenvalue weighted by Gasteiger charge is 2.18. The monoisotopic (exact) mass is 251 g/mol. The van der Waals surface area contributed by atoms with Crippen LogP contribution in [-0.4, -0.2) is 59.9 Å². The highest BCUT2D eigenvalue weighted by Crippen LogP contribution is 2.11. The predicted molar refractivity (Wildman–Crippen MR) is 76.8 cm³/mol. The van der Waals surface area contributed by atoms with Crippen LogP contribution >= 0.6 is 0 Å². The van der Waals surface area contributed by atoms with Crippen molar-refractivity contribution in [3.63, 3.8) is 0 Å². The molecule has 0 aromatic carbocycles. The molecule has 0 radical (unpaired) electrons. The van der Waals surface area contributed by atoms with Gasteiger partial charge in [-0.25, -0.2) is 0 Å². The number of aliphatic hydroxyl groups excluding tert-OH is 1. The summed E-state index contributed by atoms with van der Waals surface area (Å²) in [4.78, 5) is 9.05. The zero-order valence-electron chi connectivity index (χ0n) is 11.8. The number of aliphatic imine (C=N–C) groups is 1. The first-order valence-corrected chi connectivity index (χ1v) is 6.54. The second kappa shape index (κ2) is 7.34. The Morgan fingerprint density at radius 3 is 2.39 bits per heavy atom. The highest BCUT2D eigenvalue weighted by atomic mass is 16.3. The van der Waals surface area contributed by atoms with Crippen molar-refractivity contribution in [2.45, 2.75) is 20.8 Å². The smallest absolute Gasteiger partial charge is 0.0602 e. The van der Waals surface area contributed by atoms with Crippen molar-refractivity contribution < 1.29 is 5.11 Å². The average molecular weight is 251 g/mol. The molecule has 0 saturated carbocycles. The molecule has 0 aliphatic carbocycles. The minimum Gasteiger partial charge on any atom is -0.395 e. The molecule has 1 heterocycles. The van der Waals surface area contributed by atoms with Crippen LogP contribution in [0, 0.1) is 0 Å². The molecule has 0 spiro atoms. The van der Waals surface area contributed by atoms with Gasteiger partial charge in [-0.3, -0.25) is 9.89 Å². The summed E-state index contributed by atoms with van der Waals surface area (Å²) in [7, 11) is 0. The van der Waals surface area contributed by atoms with Crippen molar-refractivity contribution in [1.29, 1.82) is 0 Å². The molecule has 1 rings (SSSR count). The van der Waals surface area contributed by atoms with Crippen molar-refractivity contribution in [2.75, 3.05) is 39.3 Å². The Morgan fingerprint density at radius 2 is 1.89 bits per heavy atom. The minimum atomic E-state index is 0.238. The Labute approximate surface area is 110 Å². The molecule has 1 fully saturated rings. The number of β-amino-alcohol motifs (C(OH)–C–C–N with tert-alkyl or cyclic N) is 1. The number of allylic oxidation sites excluding steroid dienone is 3. The van der Waals surface area contributed by atoms with Gasteiger partial charge in [-0.05, 0) is 20.8 Å². The fourth-order valence-electron chi connectivity index (χ4n) is 2.01. The van der Waals surface area contributed by atoms with Crippen LogP contribution in [0.1, 0.15) is 20.8 Å². The number of rotatable bonds is 5. The van der Waals surface area contributed by atoms with E-state index in [0.29, 0.717) is 0 Å². The van der Waals surface area contributed by atoms with Crippen LogP contribution in [0.2, 0.25) is 0 Å². The fraction of sp³-hybridized carbons (Fsp3) is 0.643. The summed E-state index contributed by atoms with van der Waals surface area (Å²) in [5, 5.41) is 8.91. The Balaban J connectivity index is 2.52. The van der Waals surface area contributed by atoms with Gasteiger partial charge in [0.25, 0.3) is 0 Å². The molecule has 4 nitrogen and oxygen atoms in total. The lowest BCUT2D eigenvalue weighted by atomic mass is 10.2. The quantitative estimate of drug-likeness (QED) is 0.753. The lowest BCUT2D eigenvalue weighted by Gasteiger charge is -2.36. The van der Waals surface area contributed by atoms with E-state index >= 15 is 0 Å².